The molecule has 27 heavy (non-hydrogen) atoms. The van der Waals surface area contributed by atoms with E-state index in [1.807, 2.05) is 67.6 Å². The second-order valence-corrected chi connectivity index (χ2v) is 6.14. The van der Waals surface area contributed by atoms with Crippen molar-refractivity contribution in [3.8, 4) is 11.5 Å². The Morgan fingerprint density at radius 2 is 1.78 bits per heavy atom. The number of aryl methyl sites for hydroxylation is 1. The summed E-state index contributed by atoms with van der Waals surface area (Å²) in [6.07, 6.45) is 1.68. The number of pyridine rings is 1. The van der Waals surface area contributed by atoms with Crippen LogP contribution in [0.25, 0.3) is 0 Å². The SMILES string of the molecule is COc1ccc(CN(C(=O)c2cccc(C)c2)c2ccccn2)cc1OC. The van der Waals surface area contributed by atoms with Gasteiger partial charge in [0.2, 0.25) is 0 Å². The summed E-state index contributed by atoms with van der Waals surface area (Å²) in [5.74, 6) is 1.76. The van der Waals surface area contributed by atoms with Crippen LogP contribution in [0, 0.1) is 6.92 Å². The maximum absolute atomic E-state index is 13.2. The van der Waals surface area contributed by atoms with Crippen molar-refractivity contribution in [1.82, 2.24) is 4.98 Å². The van der Waals surface area contributed by atoms with Crippen LogP contribution >= 0.6 is 0 Å². The third-order valence-corrected chi connectivity index (χ3v) is 4.22. The number of benzene rings is 2. The quantitative estimate of drug-likeness (QED) is 0.658. The Morgan fingerprint density at radius 1 is 0.963 bits per heavy atom. The third-order valence-electron chi connectivity index (χ3n) is 4.22. The lowest BCUT2D eigenvalue weighted by Gasteiger charge is -2.22. The average Bonchev–Trinajstić information content (AvgIpc) is 2.72. The predicted molar refractivity (Wildman–Crippen MR) is 105 cm³/mol. The molecular weight excluding hydrogens is 340 g/mol. The third kappa shape index (κ3) is 4.26. The molecule has 5 heteroatoms. The predicted octanol–water partition coefficient (Wildman–Crippen LogP) is 4.25. The monoisotopic (exact) mass is 362 g/mol. The number of anilines is 1. The highest BCUT2D eigenvalue weighted by atomic mass is 16.5. The van der Waals surface area contributed by atoms with Gasteiger partial charge in [-0.05, 0) is 48.9 Å². The number of aromatic nitrogens is 1. The Hall–Kier alpha value is -3.34. The van der Waals surface area contributed by atoms with E-state index in [0.29, 0.717) is 29.4 Å². The van der Waals surface area contributed by atoms with Gasteiger partial charge in [0, 0.05) is 11.8 Å². The van der Waals surface area contributed by atoms with E-state index in [-0.39, 0.29) is 5.91 Å². The molecule has 1 amide bonds. The minimum atomic E-state index is -0.104. The van der Waals surface area contributed by atoms with Gasteiger partial charge in [-0.25, -0.2) is 4.98 Å². The molecule has 0 radical (unpaired) electrons. The lowest BCUT2D eigenvalue weighted by Crippen LogP contribution is -2.31. The summed E-state index contributed by atoms with van der Waals surface area (Å²) in [5, 5.41) is 0. The summed E-state index contributed by atoms with van der Waals surface area (Å²) in [7, 11) is 3.19. The molecule has 0 aliphatic heterocycles. The van der Waals surface area contributed by atoms with Gasteiger partial charge in [0.05, 0.1) is 20.8 Å². The van der Waals surface area contributed by atoms with E-state index in [4.69, 9.17) is 9.47 Å². The van der Waals surface area contributed by atoms with Crippen LogP contribution in [0.5, 0.6) is 11.5 Å². The number of ether oxygens (including phenoxy) is 2. The van der Waals surface area contributed by atoms with Crippen molar-refractivity contribution in [1.29, 1.82) is 0 Å². The number of hydrogen-bond acceptors (Lipinski definition) is 4. The fraction of sp³-hybridized carbons (Fsp3) is 0.182. The Kier molecular flexibility index (Phi) is 5.71. The zero-order valence-corrected chi connectivity index (χ0v) is 15.7. The molecule has 0 aliphatic carbocycles. The summed E-state index contributed by atoms with van der Waals surface area (Å²) in [5.41, 5.74) is 2.58. The average molecular weight is 362 g/mol. The van der Waals surface area contributed by atoms with Crippen LogP contribution < -0.4 is 14.4 Å². The van der Waals surface area contributed by atoms with E-state index >= 15 is 0 Å². The summed E-state index contributed by atoms with van der Waals surface area (Å²) < 4.78 is 10.7. The molecule has 1 aromatic heterocycles. The highest BCUT2D eigenvalue weighted by Crippen LogP contribution is 2.29. The van der Waals surface area contributed by atoms with Crippen molar-refractivity contribution >= 4 is 11.7 Å². The first kappa shape index (κ1) is 18.5. The number of hydrogen-bond donors (Lipinski definition) is 0. The second kappa shape index (κ2) is 8.36. The minimum Gasteiger partial charge on any atom is -0.493 e. The number of amides is 1. The molecule has 0 saturated carbocycles. The van der Waals surface area contributed by atoms with Gasteiger partial charge in [0.25, 0.3) is 5.91 Å². The van der Waals surface area contributed by atoms with Crippen molar-refractivity contribution in [3.05, 3.63) is 83.6 Å². The van der Waals surface area contributed by atoms with E-state index < -0.39 is 0 Å². The van der Waals surface area contributed by atoms with E-state index in [1.165, 1.54) is 0 Å². The van der Waals surface area contributed by atoms with Gasteiger partial charge >= 0.3 is 0 Å². The molecule has 138 valence electrons. The molecule has 0 bridgehead atoms. The molecular formula is C22H22N2O3. The molecule has 0 aliphatic rings. The van der Waals surface area contributed by atoms with Gasteiger partial charge in [-0.3, -0.25) is 9.69 Å². The Labute approximate surface area is 159 Å². The fourth-order valence-corrected chi connectivity index (χ4v) is 2.87. The van der Waals surface area contributed by atoms with Gasteiger partial charge in [-0.15, -0.1) is 0 Å². The van der Waals surface area contributed by atoms with Gasteiger partial charge < -0.3 is 9.47 Å². The summed E-state index contributed by atoms with van der Waals surface area (Å²) >= 11 is 0. The van der Waals surface area contributed by atoms with E-state index in [0.717, 1.165) is 11.1 Å². The standard InChI is InChI=1S/C22H22N2O3/c1-16-7-6-8-18(13-16)22(25)24(21-9-4-5-12-23-21)15-17-10-11-19(26-2)20(14-17)27-3/h4-14H,15H2,1-3H3. The topological polar surface area (TPSA) is 51.7 Å². The van der Waals surface area contributed by atoms with Crippen LogP contribution in [0.15, 0.2) is 66.9 Å². The summed E-state index contributed by atoms with van der Waals surface area (Å²) in [6, 6.07) is 18.7. The molecule has 1 heterocycles. The van der Waals surface area contributed by atoms with Crippen LogP contribution in [0.3, 0.4) is 0 Å². The molecule has 0 fully saturated rings. The molecule has 0 N–H and O–H groups in total. The van der Waals surface area contributed by atoms with Crippen molar-refractivity contribution in [2.75, 3.05) is 19.1 Å². The van der Waals surface area contributed by atoms with Crippen molar-refractivity contribution in [3.63, 3.8) is 0 Å². The Balaban J connectivity index is 1.97. The number of carbonyl (C=O) groups excluding carboxylic acids is 1. The zero-order chi connectivity index (χ0) is 19.2. The molecule has 3 aromatic rings. The fourth-order valence-electron chi connectivity index (χ4n) is 2.87. The normalized spacial score (nSPS) is 10.3. The zero-order valence-electron chi connectivity index (χ0n) is 15.7. The van der Waals surface area contributed by atoms with Crippen LogP contribution in [-0.2, 0) is 6.54 Å². The van der Waals surface area contributed by atoms with Gasteiger partial charge in [0.15, 0.2) is 11.5 Å². The van der Waals surface area contributed by atoms with Crippen molar-refractivity contribution in [2.45, 2.75) is 13.5 Å². The highest BCUT2D eigenvalue weighted by Gasteiger charge is 2.20. The summed E-state index contributed by atoms with van der Waals surface area (Å²) in [4.78, 5) is 19.2. The van der Waals surface area contributed by atoms with Gasteiger partial charge in [0.1, 0.15) is 5.82 Å². The molecule has 0 atom stereocenters. The van der Waals surface area contributed by atoms with Crippen LogP contribution in [0.1, 0.15) is 21.5 Å². The Morgan fingerprint density at radius 3 is 2.44 bits per heavy atom. The minimum absolute atomic E-state index is 0.104. The molecule has 2 aromatic carbocycles. The first-order chi connectivity index (χ1) is 13.1. The first-order valence-corrected chi connectivity index (χ1v) is 8.63. The summed E-state index contributed by atoms with van der Waals surface area (Å²) in [6.45, 7) is 2.33. The largest absolute Gasteiger partial charge is 0.493 e. The molecule has 3 rings (SSSR count). The molecule has 0 saturated heterocycles. The lowest BCUT2D eigenvalue weighted by atomic mass is 10.1. The van der Waals surface area contributed by atoms with Crippen molar-refractivity contribution < 1.29 is 14.3 Å². The van der Waals surface area contributed by atoms with E-state index in [2.05, 4.69) is 4.98 Å². The van der Waals surface area contributed by atoms with E-state index in [9.17, 15) is 4.79 Å². The van der Waals surface area contributed by atoms with Gasteiger partial charge in [-0.2, -0.15) is 0 Å². The second-order valence-electron chi connectivity index (χ2n) is 6.14. The van der Waals surface area contributed by atoms with Gasteiger partial charge in [-0.1, -0.05) is 29.8 Å². The van der Waals surface area contributed by atoms with Crippen LogP contribution in [0.2, 0.25) is 0 Å². The number of methoxy groups -OCH3 is 2. The number of rotatable bonds is 6. The maximum Gasteiger partial charge on any atom is 0.259 e. The number of nitrogens with zero attached hydrogens (tertiary/aromatic N) is 2. The highest BCUT2D eigenvalue weighted by molar-refractivity contribution is 6.05. The molecule has 0 unspecified atom stereocenters. The number of carbonyl (C=O) groups is 1. The lowest BCUT2D eigenvalue weighted by molar-refractivity contribution is 0.0984. The van der Waals surface area contributed by atoms with E-state index in [1.54, 1.807) is 25.3 Å². The smallest absolute Gasteiger partial charge is 0.259 e. The molecule has 5 nitrogen and oxygen atoms in total. The Bertz CT molecular complexity index is 926. The first-order valence-electron chi connectivity index (χ1n) is 8.63. The van der Waals surface area contributed by atoms with Crippen molar-refractivity contribution in [2.24, 2.45) is 0 Å². The van der Waals surface area contributed by atoms with Crippen LogP contribution in [-0.4, -0.2) is 25.1 Å². The molecule has 0 spiro atoms. The van der Waals surface area contributed by atoms with Crippen LogP contribution in [0.4, 0.5) is 5.82 Å². The maximum atomic E-state index is 13.2.